The second-order valence-electron chi connectivity index (χ2n) is 6.08. The minimum absolute atomic E-state index is 0.0505. The molecule has 8 heteroatoms. The molecular formula is C19H17Cl2N3O2S. The van der Waals surface area contributed by atoms with Crippen molar-refractivity contribution in [3.8, 4) is 0 Å². The second kappa shape index (κ2) is 8.69. The molecule has 2 aromatic rings. The highest BCUT2D eigenvalue weighted by molar-refractivity contribution is 7.80. The molecule has 1 aliphatic rings. The van der Waals surface area contributed by atoms with Crippen molar-refractivity contribution in [1.82, 2.24) is 10.2 Å². The number of para-hydroxylation sites is 1. The lowest BCUT2D eigenvalue weighted by Crippen LogP contribution is -2.35. The molecule has 0 atom stereocenters. The largest absolute Gasteiger partial charge is 0.339 e. The van der Waals surface area contributed by atoms with Crippen molar-refractivity contribution >= 4 is 58.0 Å². The van der Waals surface area contributed by atoms with Gasteiger partial charge in [-0.15, -0.1) is 0 Å². The molecule has 1 heterocycles. The fourth-order valence-electron chi connectivity index (χ4n) is 2.87. The van der Waals surface area contributed by atoms with Crippen LogP contribution in [0.3, 0.4) is 0 Å². The van der Waals surface area contributed by atoms with Crippen LogP contribution in [0.5, 0.6) is 0 Å². The van der Waals surface area contributed by atoms with Crippen LogP contribution in [-0.2, 0) is 0 Å². The van der Waals surface area contributed by atoms with Crippen molar-refractivity contribution in [3.05, 3.63) is 63.6 Å². The van der Waals surface area contributed by atoms with Gasteiger partial charge in [0.1, 0.15) is 0 Å². The Bertz CT molecular complexity index is 898. The third kappa shape index (κ3) is 4.77. The summed E-state index contributed by atoms with van der Waals surface area (Å²) >= 11 is 17.1. The molecule has 5 nitrogen and oxygen atoms in total. The Morgan fingerprint density at radius 1 is 1.00 bits per heavy atom. The van der Waals surface area contributed by atoms with Crippen LogP contribution in [0, 0.1) is 0 Å². The minimum Gasteiger partial charge on any atom is -0.339 e. The Morgan fingerprint density at radius 3 is 2.41 bits per heavy atom. The van der Waals surface area contributed by atoms with Crippen LogP contribution < -0.4 is 10.6 Å². The molecule has 0 spiro atoms. The molecule has 140 valence electrons. The standard InChI is InChI=1S/C19H17Cl2N3O2S/c20-12-7-8-13(15(21)11-12)17(25)23-19(27)22-16-6-2-1-5-14(16)18(26)24-9-3-4-10-24/h1-2,5-8,11H,3-4,9-10H2,(H2,22,23,25,27). The topological polar surface area (TPSA) is 61.4 Å². The first-order valence-corrected chi connectivity index (χ1v) is 9.58. The maximum atomic E-state index is 12.7. The molecule has 2 N–H and O–H groups in total. The molecule has 0 bridgehead atoms. The van der Waals surface area contributed by atoms with Crippen molar-refractivity contribution in [2.24, 2.45) is 0 Å². The maximum Gasteiger partial charge on any atom is 0.258 e. The zero-order valence-corrected chi connectivity index (χ0v) is 16.6. The molecule has 1 fully saturated rings. The van der Waals surface area contributed by atoms with E-state index in [1.54, 1.807) is 30.3 Å². The van der Waals surface area contributed by atoms with Gasteiger partial charge in [-0.2, -0.15) is 0 Å². The number of amides is 2. The predicted molar refractivity (Wildman–Crippen MR) is 112 cm³/mol. The molecule has 0 aromatic heterocycles. The average molecular weight is 422 g/mol. The molecular weight excluding hydrogens is 405 g/mol. The van der Waals surface area contributed by atoms with Crippen LogP contribution in [0.25, 0.3) is 0 Å². The molecule has 27 heavy (non-hydrogen) atoms. The second-order valence-corrected chi connectivity index (χ2v) is 7.33. The third-order valence-corrected chi connectivity index (χ3v) is 4.95. The van der Waals surface area contributed by atoms with E-state index in [-0.39, 0.29) is 21.6 Å². The molecule has 2 amide bonds. The number of hydrogen-bond donors (Lipinski definition) is 2. The number of carbonyl (C=O) groups is 2. The zero-order valence-electron chi connectivity index (χ0n) is 14.3. The van der Waals surface area contributed by atoms with Gasteiger partial charge in [0.25, 0.3) is 11.8 Å². The van der Waals surface area contributed by atoms with Gasteiger partial charge in [-0.1, -0.05) is 35.3 Å². The quantitative estimate of drug-likeness (QED) is 0.722. The fraction of sp³-hybridized carbons (Fsp3) is 0.211. The summed E-state index contributed by atoms with van der Waals surface area (Å²) < 4.78 is 0. The number of nitrogens with zero attached hydrogens (tertiary/aromatic N) is 1. The summed E-state index contributed by atoms with van der Waals surface area (Å²) in [7, 11) is 0. The van der Waals surface area contributed by atoms with Gasteiger partial charge in [-0.3, -0.25) is 14.9 Å². The van der Waals surface area contributed by atoms with Crippen molar-refractivity contribution in [3.63, 3.8) is 0 Å². The summed E-state index contributed by atoms with van der Waals surface area (Å²) in [6.07, 6.45) is 2.02. The van der Waals surface area contributed by atoms with Crippen LogP contribution in [0.2, 0.25) is 10.0 Å². The number of rotatable bonds is 3. The van der Waals surface area contributed by atoms with E-state index in [0.717, 1.165) is 25.9 Å². The van der Waals surface area contributed by atoms with Crippen LogP contribution in [0.15, 0.2) is 42.5 Å². The molecule has 3 rings (SSSR count). The highest BCUT2D eigenvalue weighted by Crippen LogP contribution is 2.22. The van der Waals surface area contributed by atoms with E-state index in [9.17, 15) is 9.59 Å². The third-order valence-electron chi connectivity index (χ3n) is 4.20. The van der Waals surface area contributed by atoms with E-state index < -0.39 is 5.91 Å². The first-order valence-electron chi connectivity index (χ1n) is 8.41. The summed E-state index contributed by atoms with van der Waals surface area (Å²) in [5.74, 6) is -0.511. The predicted octanol–water partition coefficient (Wildman–Crippen LogP) is 4.36. The molecule has 0 radical (unpaired) electrons. The summed E-state index contributed by atoms with van der Waals surface area (Å²) in [6.45, 7) is 1.51. The Labute approximate surface area is 172 Å². The van der Waals surface area contributed by atoms with E-state index in [1.807, 2.05) is 4.90 Å². The molecule has 2 aromatic carbocycles. The lowest BCUT2D eigenvalue weighted by Gasteiger charge is -2.18. The molecule has 1 saturated heterocycles. The van der Waals surface area contributed by atoms with E-state index >= 15 is 0 Å². The fourth-order valence-corrected chi connectivity index (χ4v) is 3.56. The van der Waals surface area contributed by atoms with E-state index in [0.29, 0.717) is 16.3 Å². The van der Waals surface area contributed by atoms with Crippen molar-refractivity contribution in [1.29, 1.82) is 0 Å². The lowest BCUT2D eigenvalue weighted by atomic mass is 10.1. The molecule has 0 aliphatic carbocycles. The Hall–Kier alpha value is -2.15. The van der Waals surface area contributed by atoms with Gasteiger partial charge in [0.05, 0.1) is 21.8 Å². The molecule has 0 unspecified atom stereocenters. The van der Waals surface area contributed by atoms with Crippen molar-refractivity contribution < 1.29 is 9.59 Å². The minimum atomic E-state index is -0.461. The SMILES string of the molecule is O=C(NC(=S)Nc1ccccc1C(=O)N1CCCC1)c1ccc(Cl)cc1Cl. The molecule has 1 aliphatic heterocycles. The van der Waals surface area contributed by atoms with Gasteiger partial charge < -0.3 is 10.2 Å². The smallest absolute Gasteiger partial charge is 0.258 e. The van der Waals surface area contributed by atoms with Crippen LogP contribution in [0.1, 0.15) is 33.6 Å². The molecule has 0 saturated carbocycles. The van der Waals surface area contributed by atoms with Gasteiger partial charge in [0, 0.05) is 18.1 Å². The van der Waals surface area contributed by atoms with Gasteiger partial charge >= 0.3 is 0 Å². The summed E-state index contributed by atoms with van der Waals surface area (Å²) in [6, 6.07) is 11.7. The van der Waals surface area contributed by atoms with Crippen LogP contribution >= 0.6 is 35.4 Å². The Kier molecular flexibility index (Phi) is 6.31. The number of likely N-dealkylation sites (tertiary alicyclic amines) is 1. The van der Waals surface area contributed by atoms with Gasteiger partial charge in [0.2, 0.25) is 0 Å². The van der Waals surface area contributed by atoms with Gasteiger partial charge in [-0.05, 0) is 55.4 Å². The van der Waals surface area contributed by atoms with Crippen molar-refractivity contribution in [2.45, 2.75) is 12.8 Å². The summed E-state index contributed by atoms with van der Waals surface area (Å²) in [5, 5.41) is 6.24. The number of nitrogens with one attached hydrogen (secondary N) is 2. The van der Waals surface area contributed by atoms with Crippen LogP contribution in [0.4, 0.5) is 5.69 Å². The average Bonchev–Trinajstić information content (AvgIpc) is 3.16. The Balaban J connectivity index is 1.71. The number of hydrogen-bond acceptors (Lipinski definition) is 3. The monoisotopic (exact) mass is 421 g/mol. The lowest BCUT2D eigenvalue weighted by molar-refractivity contribution is 0.0793. The van der Waals surface area contributed by atoms with Gasteiger partial charge in [-0.25, -0.2) is 0 Å². The first kappa shape index (κ1) is 19.6. The van der Waals surface area contributed by atoms with E-state index in [4.69, 9.17) is 35.4 Å². The zero-order chi connectivity index (χ0) is 19.4. The highest BCUT2D eigenvalue weighted by atomic mass is 35.5. The number of benzene rings is 2. The highest BCUT2D eigenvalue weighted by Gasteiger charge is 2.22. The van der Waals surface area contributed by atoms with Gasteiger partial charge in [0.15, 0.2) is 5.11 Å². The first-order chi connectivity index (χ1) is 13.0. The summed E-state index contributed by atoms with van der Waals surface area (Å²) in [4.78, 5) is 26.9. The van der Waals surface area contributed by atoms with E-state index in [1.165, 1.54) is 12.1 Å². The summed E-state index contributed by atoms with van der Waals surface area (Å²) in [5.41, 5.74) is 1.31. The normalized spacial score (nSPS) is 13.3. The van der Waals surface area contributed by atoms with Crippen LogP contribution in [-0.4, -0.2) is 34.9 Å². The number of thiocarbonyl (C=S) groups is 1. The number of halogens is 2. The maximum absolute atomic E-state index is 12.7. The van der Waals surface area contributed by atoms with Crippen molar-refractivity contribution in [2.75, 3.05) is 18.4 Å². The number of anilines is 1. The Morgan fingerprint density at radius 2 is 1.70 bits per heavy atom. The van der Waals surface area contributed by atoms with E-state index in [2.05, 4.69) is 10.6 Å². The number of carbonyl (C=O) groups excluding carboxylic acids is 2.